The molecule has 0 aliphatic carbocycles. The maximum absolute atomic E-state index is 5.78. The summed E-state index contributed by atoms with van der Waals surface area (Å²) in [6.45, 7) is 12.0. The summed E-state index contributed by atoms with van der Waals surface area (Å²) < 4.78 is 5.78. The second-order valence-electron chi connectivity index (χ2n) is 6.41. The third kappa shape index (κ3) is 6.39. The Kier molecular flexibility index (Phi) is 5.90. The first kappa shape index (κ1) is 14.9. The van der Waals surface area contributed by atoms with Crippen LogP contribution in [-0.4, -0.2) is 49.3 Å². The highest BCUT2D eigenvalue weighted by Crippen LogP contribution is 2.14. The van der Waals surface area contributed by atoms with Gasteiger partial charge in [-0.25, -0.2) is 0 Å². The van der Waals surface area contributed by atoms with Gasteiger partial charge in [-0.1, -0.05) is 0 Å². The molecule has 1 aliphatic heterocycles. The highest BCUT2D eigenvalue weighted by atomic mass is 16.5. The van der Waals surface area contributed by atoms with Crippen molar-refractivity contribution in [2.24, 2.45) is 0 Å². The van der Waals surface area contributed by atoms with Crippen LogP contribution < -0.4 is 5.32 Å². The molecule has 2 atom stereocenters. The fraction of sp³-hybridized carbons (Fsp3) is 1.00. The summed E-state index contributed by atoms with van der Waals surface area (Å²) >= 11 is 0. The van der Waals surface area contributed by atoms with Gasteiger partial charge in [-0.2, -0.15) is 0 Å². The summed E-state index contributed by atoms with van der Waals surface area (Å²) in [5, 5.41) is 3.56. The molecule has 1 aliphatic rings. The normalized spacial score (nSPS) is 24.0. The SMILES string of the molecule is CC(CNC(C)(C)C)N(C)CC1CCCCO1. The molecule has 3 nitrogen and oxygen atoms in total. The van der Waals surface area contributed by atoms with Crippen molar-refractivity contribution in [3.63, 3.8) is 0 Å². The van der Waals surface area contributed by atoms with Crippen LogP contribution in [0.3, 0.4) is 0 Å². The molecule has 17 heavy (non-hydrogen) atoms. The van der Waals surface area contributed by atoms with Gasteiger partial charge >= 0.3 is 0 Å². The van der Waals surface area contributed by atoms with Gasteiger partial charge in [0.05, 0.1) is 6.10 Å². The molecule has 0 aromatic heterocycles. The molecule has 102 valence electrons. The lowest BCUT2D eigenvalue weighted by atomic mass is 10.1. The quantitative estimate of drug-likeness (QED) is 0.800. The summed E-state index contributed by atoms with van der Waals surface area (Å²) in [5.41, 5.74) is 0.205. The van der Waals surface area contributed by atoms with Crippen molar-refractivity contribution in [3.8, 4) is 0 Å². The Bertz CT molecular complexity index is 207. The van der Waals surface area contributed by atoms with Crippen molar-refractivity contribution < 1.29 is 4.74 Å². The molecule has 0 aromatic carbocycles. The van der Waals surface area contributed by atoms with Crippen molar-refractivity contribution in [3.05, 3.63) is 0 Å². The fourth-order valence-electron chi connectivity index (χ4n) is 2.06. The van der Waals surface area contributed by atoms with Gasteiger partial charge in [0.1, 0.15) is 0 Å². The first-order valence-corrected chi connectivity index (χ1v) is 6.95. The smallest absolute Gasteiger partial charge is 0.0702 e. The average molecular weight is 242 g/mol. The largest absolute Gasteiger partial charge is 0.377 e. The maximum Gasteiger partial charge on any atom is 0.0702 e. The average Bonchev–Trinajstić information content (AvgIpc) is 2.26. The molecule has 1 fully saturated rings. The maximum atomic E-state index is 5.78. The summed E-state index contributed by atoms with van der Waals surface area (Å²) in [7, 11) is 2.20. The highest BCUT2D eigenvalue weighted by Gasteiger charge is 2.19. The second-order valence-corrected chi connectivity index (χ2v) is 6.41. The first-order valence-electron chi connectivity index (χ1n) is 6.95. The Labute approximate surface area is 107 Å². The van der Waals surface area contributed by atoms with E-state index in [2.05, 4.69) is 45.0 Å². The molecule has 1 rings (SSSR count). The second kappa shape index (κ2) is 6.72. The number of hydrogen-bond donors (Lipinski definition) is 1. The molecular formula is C14H30N2O. The Morgan fingerprint density at radius 2 is 2.06 bits per heavy atom. The molecule has 0 bridgehead atoms. The Morgan fingerprint density at radius 1 is 1.35 bits per heavy atom. The summed E-state index contributed by atoms with van der Waals surface area (Å²) in [6.07, 6.45) is 4.24. The van der Waals surface area contributed by atoms with Crippen molar-refractivity contribution in [1.82, 2.24) is 10.2 Å². The van der Waals surface area contributed by atoms with E-state index in [4.69, 9.17) is 4.74 Å². The number of nitrogens with zero attached hydrogens (tertiary/aromatic N) is 1. The van der Waals surface area contributed by atoms with Gasteiger partial charge < -0.3 is 10.1 Å². The van der Waals surface area contributed by atoms with Gasteiger partial charge in [-0.05, 0) is 54.0 Å². The van der Waals surface area contributed by atoms with Crippen LogP contribution in [0.15, 0.2) is 0 Å². The predicted molar refractivity (Wildman–Crippen MR) is 73.4 cm³/mol. The number of ether oxygens (including phenoxy) is 1. The highest BCUT2D eigenvalue weighted by molar-refractivity contribution is 4.77. The lowest BCUT2D eigenvalue weighted by Gasteiger charge is -2.33. The van der Waals surface area contributed by atoms with Gasteiger partial charge in [-0.15, -0.1) is 0 Å². The Hall–Kier alpha value is -0.120. The van der Waals surface area contributed by atoms with E-state index in [0.717, 1.165) is 19.7 Å². The van der Waals surface area contributed by atoms with E-state index in [9.17, 15) is 0 Å². The van der Waals surface area contributed by atoms with Crippen molar-refractivity contribution in [1.29, 1.82) is 0 Å². The Morgan fingerprint density at radius 3 is 2.59 bits per heavy atom. The van der Waals surface area contributed by atoms with E-state index in [-0.39, 0.29) is 5.54 Å². The molecule has 0 radical (unpaired) electrons. The Balaban J connectivity index is 2.23. The van der Waals surface area contributed by atoms with Crippen LogP contribution in [0.4, 0.5) is 0 Å². The third-order valence-electron chi connectivity index (χ3n) is 3.45. The van der Waals surface area contributed by atoms with Gasteiger partial charge in [-0.3, -0.25) is 4.90 Å². The van der Waals surface area contributed by atoms with E-state index >= 15 is 0 Å². The van der Waals surface area contributed by atoms with Crippen molar-refractivity contribution >= 4 is 0 Å². The summed E-state index contributed by atoms with van der Waals surface area (Å²) in [4.78, 5) is 2.41. The fourth-order valence-corrected chi connectivity index (χ4v) is 2.06. The van der Waals surface area contributed by atoms with E-state index in [1.165, 1.54) is 19.3 Å². The lowest BCUT2D eigenvalue weighted by Crippen LogP contribution is -2.47. The first-order chi connectivity index (χ1) is 7.88. The molecule has 1 saturated heterocycles. The topological polar surface area (TPSA) is 24.5 Å². The van der Waals surface area contributed by atoms with E-state index in [0.29, 0.717) is 12.1 Å². The molecular weight excluding hydrogens is 212 g/mol. The zero-order valence-corrected chi connectivity index (χ0v) is 12.3. The molecule has 3 heteroatoms. The number of likely N-dealkylation sites (N-methyl/N-ethyl adjacent to an activating group) is 1. The third-order valence-corrected chi connectivity index (χ3v) is 3.45. The van der Waals surface area contributed by atoms with Crippen molar-refractivity contribution in [2.75, 3.05) is 26.7 Å². The van der Waals surface area contributed by atoms with Crippen LogP contribution >= 0.6 is 0 Å². The van der Waals surface area contributed by atoms with Crippen LogP contribution in [0.5, 0.6) is 0 Å². The number of nitrogens with one attached hydrogen (secondary N) is 1. The zero-order valence-electron chi connectivity index (χ0n) is 12.3. The van der Waals surface area contributed by atoms with E-state index in [1.54, 1.807) is 0 Å². The minimum absolute atomic E-state index is 0.205. The molecule has 2 unspecified atom stereocenters. The van der Waals surface area contributed by atoms with Crippen LogP contribution in [0.1, 0.15) is 47.0 Å². The van der Waals surface area contributed by atoms with Gasteiger partial charge in [0.15, 0.2) is 0 Å². The molecule has 0 saturated carbocycles. The van der Waals surface area contributed by atoms with Crippen LogP contribution in [0.25, 0.3) is 0 Å². The molecule has 0 spiro atoms. The summed E-state index contributed by atoms with van der Waals surface area (Å²) in [6, 6.07) is 0.555. The van der Waals surface area contributed by atoms with Gasteiger partial charge in [0.25, 0.3) is 0 Å². The van der Waals surface area contributed by atoms with Crippen LogP contribution in [0, 0.1) is 0 Å². The zero-order chi connectivity index (χ0) is 12.9. The number of rotatable bonds is 5. The lowest BCUT2D eigenvalue weighted by molar-refractivity contribution is -0.00717. The monoisotopic (exact) mass is 242 g/mol. The van der Waals surface area contributed by atoms with Gasteiger partial charge in [0, 0.05) is 31.3 Å². The van der Waals surface area contributed by atoms with Gasteiger partial charge in [0.2, 0.25) is 0 Å². The minimum atomic E-state index is 0.205. The standard InChI is InChI=1S/C14H30N2O/c1-12(10-15-14(2,3)4)16(5)11-13-8-6-7-9-17-13/h12-13,15H,6-11H2,1-5H3. The molecule has 1 N–H and O–H groups in total. The van der Waals surface area contributed by atoms with Crippen LogP contribution in [0.2, 0.25) is 0 Å². The van der Waals surface area contributed by atoms with Crippen molar-refractivity contribution in [2.45, 2.75) is 64.6 Å². The predicted octanol–water partition coefficient (Wildman–Crippen LogP) is 2.26. The molecule has 1 heterocycles. The summed E-state index contributed by atoms with van der Waals surface area (Å²) in [5.74, 6) is 0. The minimum Gasteiger partial charge on any atom is -0.377 e. The number of hydrogen-bond acceptors (Lipinski definition) is 3. The van der Waals surface area contributed by atoms with E-state index in [1.807, 2.05) is 0 Å². The molecule has 0 amide bonds. The van der Waals surface area contributed by atoms with E-state index < -0.39 is 0 Å². The molecule has 0 aromatic rings. The van der Waals surface area contributed by atoms with Crippen LogP contribution in [-0.2, 0) is 4.74 Å².